The van der Waals surface area contributed by atoms with Crippen LogP contribution < -0.4 is 0 Å². The minimum absolute atomic E-state index is 0.0214. The van der Waals surface area contributed by atoms with Gasteiger partial charge in [0.1, 0.15) is 18.5 Å². The maximum absolute atomic E-state index is 11.7. The van der Waals surface area contributed by atoms with E-state index in [1.807, 2.05) is 13.0 Å². The molecule has 4 heteroatoms. The van der Waals surface area contributed by atoms with Gasteiger partial charge in [-0.15, -0.1) is 0 Å². The maximum atomic E-state index is 11.7. The summed E-state index contributed by atoms with van der Waals surface area (Å²) in [7, 11) is 0. The summed E-state index contributed by atoms with van der Waals surface area (Å²) in [4.78, 5) is 22.7. The van der Waals surface area contributed by atoms with Crippen molar-refractivity contribution >= 4 is 12.3 Å². The van der Waals surface area contributed by atoms with Crippen LogP contribution >= 0.6 is 0 Å². The normalized spacial score (nSPS) is 44.5. The number of fused-ring (bicyclic) bond motifs is 3. The second-order valence-electron chi connectivity index (χ2n) is 5.83. The molecule has 102 valence electrons. The van der Waals surface area contributed by atoms with Crippen LogP contribution in [0.25, 0.3) is 0 Å². The Bertz CT molecular complexity index is 479. The van der Waals surface area contributed by atoms with Crippen molar-refractivity contribution in [2.75, 3.05) is 0 Å². The van der Waals surface area contributed by atoms with Crippen molar-refractivity contribution < 1.29 is 19.1 Å². The number of carbonyl (C=O) groups is 2. The Balaban J connectivity index is 1.88. The number of ether oxygens (including phenoxy) is 2. The van der Waals surface area contributed by atoms with E-state index in [9.17, 15) is 9.59 Å². The van der Waals surface area contributed by atoms with Gasteiger partial charge in [0.05, 0.1) is 5.60 Å². The lowest BCUT2D eigenvalue weighted by Gasteiger charge is -2.18. The number of aldehydes is 1. The fourth-order valence-corrected chi connectivity index (χ4v) is 3.19. The first kappa shape index (κ1) is 12.6. The zero-order valence-electron chi connectivity index (χ0n) is 11.1. The lowest BCUT2D eigenvalue weighted by molar-refractivity contribution is -0.140. The van der Waals surface area contributed by atoms with Crippen LogP contribution in [0.15, 0.2) is 23.8 Å². The molecule has 0 unspecified atom stereocenters. The lowest BCUT2D eigenvalue weighted by atomic mass is 9.84. The molecule has 4 atom stereocenters. The molecule has 4 nitrogen and oxygen atoms in total. The molecule has 0 aromatic carbocycles. The number of carbonyl (C=O) groups excluding carboxylic acids is 2. The molecule has 0 aromatic rings. The molecule has 3 aliphatic rings. The van der Waals surface area contributed by atoms with Gasteiger partial charge in [0, 0.05) is 11.5 Å². The highest BCUT2D eigenvalue weighted by molar-refractivity contribution is 5.91. The number of allylic oxidation sites excluding steroid dienone is 2. The Morgan fingerprint density at radius 3 is 3.05 bits per heavy atom. The van der Waals surface area contributed by atoms with Gasteiger partial charge in [-0.3, -0.25) is 4.79 Å². The Kier molecular flexibility index (Phi) is 2.86. The van der Waals surface area contributed by atoms with E-state index in [0.717, 1.165) is 31.1 Å². The van der Waals surface area contributed by atoms with Gasteiger partial charge < -0.3 is 9.47 Å². The highest BCUT2D eigenvalue weighted by Gasteiger charge is 2.61. The zero-order chi connectivity index (χ0) is 13.6. The van der Waals surface area contributed by atoms with Crippen molar-refractivity contribution in [2.24, 2.45) is 5.92 Å². The van der Waals surface area contributed by atoms with Crippen LogP contribution in [0.2, 0.25) is 0 Å². The minimum atomic E-state index is -0.316. The largest absolute Gasteiger partial charge is 0.455 e. The molecule has 0 aromatic heterocycles. The van der Waals surface area contributed by atoms with Crippen molar-refractivity contribution in [2.45, 2.75) is 50.4 Å². The third-order valence-corrected chi connectivity index (χ3v) is 4.53. The minimum Gasteiger partial charge on any atom is -0.455 e. The molecule has 0 N–H and O–H groups in total. The first-order valence-corrected chi connectivity index (χ1v) is 6.77. The summed E-state index contributed by atoms with van der Waals surface area (Å²) in [6, 6.07) is 0. The summed E-state index contributed by atoms with van der Waals surface area (Å²) in [6.45, 7) is 5.88. The van der Waals surface area contributed by atoms with Crippen molar-refractivity contribution in [3.63, 3.8) is 0 Å². The van der Waals surface area contributed by atoms with E-state index in [2.05, 4.69) is 6.58 Å². The predicted octanol–water partition coefficient (Wildman–Crippen LogP) is 1.94. The van der Waals surface area contributed by atoms with Crippen LogP contribution in [-0.4, -0.2) is 30.1 Å². The lowest BCUT2D eigenvalue weighted by Crippen LogP contribution is -2.28. The average Bonchev–Trinajstić information content (AvgIpc) is 2.97. The van der Waals surface area contributed by atoms with Gasteiger partial charge in [-0.1, -0.05) is 12.7 Å². The number of esters is 1. The third-order valence-electron chi connectivity index (χ3n) is 4.53. The molecular weight excluding hydrogens is 244 g/mol. The fourth-order valence-electron chi connectivity index (χ4n) is 3.19. The summed E-state index contributed by atoms with van der Waals surface area (Å²) in [5.41, 5.74) is 1.10. The van der Waals surface area contributed by atoms with Crippen LogP contribution in [0.5, 0.6) is 0 Å². The number of rotatable bonds is 1. The van der Waals surface area contributed by atoms with Gasteiger partial charge in [0.25, 0.3) is 0 Å². The van der Waals surface area contributed by atoms with Crippen LogP contribution in [0.3, 0.4) is 0 Å². The second-order valence-corrected chi connectivity index (χ2v) is 5.83. The van der Waals surface area contributed by atoms with Crippen LogP contribution in [0.1, 0.15) is 32.6 Å². The Hall–Kier alpha value is -1.42. The van der Waals surface area contributed by atoms with Gasteiger partial charge in [-0.2, -0.15) is 0 Å². The summed E-state index contributed by atoms with van der Waals surface area (Å²) in [5.74, 6) is -0.343. The Morgan fingerprint density at radius 1 is 1.53 bits per heavy atom. The molecule has 1 aliphatic carbocycles. The molecule has 0 amide bonds. The monoisotopic (exact) mass is 262 g/mol. The second kappa shape index (κ2) is 4.30. The maximum Gasteiger partial charge on any atom is 0.334 e. The number of epoxide rings is 1. The average molecular weight is 262 g/mol. The zero-order valence-corrected chi connectivity index (χ0v) is 11.1. The van der Waals surface area contributed by atoms with Crippen LogP contribution in [0.4, 0.5) is 0 Å². The van der Waals surface area contributed by atoms with Crippen LogP contribution in [0, 0.1) is 5.92 Å². The molecule has 0 bridgehead atoms. The number of hydrogen-bond acceptors (Lipinski definition) is 4. The highest BCUT2D eigenvalue weighted by Crippen LogP contribution is 2.49. The SMILES string of the molecule is C=C1C(=O)O[C@@H]2[C@H]3O[C@]3(C)CC/C=C(/C=O)CC[C@@H]12. The van der Waals surface area contributed by atoms with Gasteiger partial charge in [-0.05, 0) is 38.2 Å². The third kappa shape index (κ3) is 2.04. The summed E-state index contributed by atoms with van der Waals surface area (Å²) < 4.78 is 11.2. The van der Waals surface area contributed by atoms with E-state index < -0.39 is 0 Å². The van der Waals surface area contributed by atoms with Crippen LogP contribution in [-0.2, 0) is 19.1 Å². The van der Waals surface area contributed by atoms with Crippen molar-refractivity contribution in [3.05, 3.63) is 23.8 Å². The smallest absolute Gasteiger partial charge is 0.334 e. The van der Waals surface area contributed by atoms with Gasteiger partial charge in [-0.25, -0.2) is 4.79 Å². The Morgan fingerprint density at radius 2 is 2.32 bits per heavy atom. The van der Waals surface area contributed by atoms with Crippen molar-refractivity contribution in [1.29, 1.82) is 0 Å². The van der Waals surface area contributed by atoms with E-state index >= 15 is 0 Å². The fraction of sp³-hybridized carbons (Fsp3) is 0.600. The van der Waals surface area contributed by atoms with Gasteiger partial charge >= 0.3 is 5.97 Å². The first-order chi connectivity index (χ1) is 9.05. The van der Waals surface area contributed by atoms with Crippen molar-refractivity contribution in [1.82, 2.24) is 0 Å². The van der Waals surface area contributed by atoms with E-state index in [4.69, 9.17) is 9.47 Å². The first-order valence-electron chi connectivity index (χ1n) is 6.77. The van der Waals surface area contributed by atoms with E-state index in [0.29, 0.717) is 12.0 Å². The molecule has 3 rings (SSSR count). The molecule has 0 saturated carbocycles. The quantitative estimate of drug-likeness (QED) is 0.313. The summed E-state index contributed by atoms with van der Waals surface area (Å²) in [6.07, 6.45) is 5.71. The van der Waals surface area contributed by atoms with E-state index in [1.165, 1.54) is 0 Å². The summed E-state index contributed by atoms with van der Waals surface area (Å²) in [5, 5.41) is 0. The van der Waals surface area contributed by atoms with E-state index in [-0.39, 0.29) is 29.7 Å². The molecular formula is C15H18O4. The standard InChI is InChI=1S/C15H18O4/c1-9-11-6-5-10(8-16)4-3-7-15(2)13(19-15)12(11)18-14(9)17/h4,8,11-13H,1,3,5-7H2,2H3/b10-4+/t11-,12-,13+,15+/m0/s1. The molecule has 0 radical (unpaired) electrons. The molecule has 2 heterocycles. The van der Waals surface area contributed by atoms with Crippen molar-refractivity contribution in [3.8, 4) is 0 Å². The van der Waals surface area contributed by atoms with Gasteiger partial charge in [0.2, 0.25) is 0 Å². The van der Waals surface area contributed by atoms with Gasteiger partial charge in [0.15, 0.2) is 0 Å². The highest BCUT2D eigenvalue weighted by atomic mass is 16.6. The summed E-state index contributed by atoms with van der Waals surface area (Å²) >= 11 is 0. The molecule has 2 saturated heterocycles. The molecule has 19 heavy (non-hydrogen) atoms. The number of hydrogen-bond donors (Lipinski definition) is 0. The molecule has 2 fully saturated rings. The molecule has 0 spiro atoms. The molecule has 2 aliphatic heterocycles. The topological polar surface area (TPSA) is 55.9 Å². The Labute approximate surface area is 112 Å². The predicted molar refractivity (Wildman–Crippen MR) is 68.4 cm³/mol. The van der Waals surface area contributed by atoms with E-state index in [1.54, 1.807) is 0 Å².